The minimum Gasteiger partial charge on any atom is -0.336 e. The van der Waals surface area contributed by atoms with Crippen molar-refractivity contribution in [2.24, 2.45) is 7.05 Å². The summed E-state index contributed by atoms with van der Waals surface area (Å²) in [5, 5.41) is 12.1. The van der Waals surface area contributed by atoms with Crippen LogP contribution in [0.15, 0.2) is 42.9 Å². The van der Waals surface area contributed by atoms with Crippen molar-refractivity contribution >= 4 is 5.91 Å². The van der Waals surface area contributed by atoms with Crippen molar-refractivity contribution in [3.63, 3.8) is 0 Å². The van der Waals surface area contributed by atoms with Crippen LogP contribution in [0.3, 0.4) is 0 Å². The highest BCUT2D eigenvalue weighted by Gasteiger charge is 2.17. The van der Waals surface area contributed by atoms with Crippen LogP contribution < -0.4 is 0 Å². The maximum atomic E-state index is 12.4. The van der Waals surface area contributed by atoms with Crippen molar-refractivity contribution in [3.8, 4) is 5.69 Å². The molecule has 23 heavy (non-hydrogen) atoms. The Labute approximate surface area is 134 Å². The fourth-order valence-electron chi connectivity index (χ4n) is 2.28. The lowest BCUT2D eigenvalue weighted by Crippen LogP contribution is -2.26. The normalized spacial score (nSPS) is 10.7. The Morgan fingerprint density at radius 2 is 1.96 bits per heavy atom. The van der Waals surface area contributed by atoms with Crippen molar-refractivity contribution in [2.45, 2.75) is 13.5 Å². The molecule has 1 aromatic carbocycles. The van der Waals surface area contributed by atoms with Gasteiger partial charge in [0.1, 0.15) is 0 Å². The van der Waals surface area contributed by atoms with Crippen LogP contribution >= 0.6 is 0 Å². The number of aromatic nitrogens is 5. The molecule has 0 radical (unpaired) electrons. The molecule has 0 aliphatic heterocycles. The van der Waals surface area contributed by atoms with Crippen molar-refractivity contribution < 1.29 is 4.79 Å². The molecule has 1 amide bonds. The van der Waals surface area contributed by atoms with E-state index in [0.717, 1.165) is 11.3 Å². The van der Waals surface area contributed by atoms with Gasteiger partial charge in [-0.25, -0.2) is 4.68 Å². The van der Waals surface area contributed by atoms with Gasteiger partial charge in [0.2, 0.25) is 0 Å². The molecule has 0 fully saturated rings. The number of hydrogen-bond acceptors (Lipinski definition) is 4. The summed E-state index contributed by atoms with van der Waals surface area (Å²) < 4.78 is 3.31. The number of carbonyl (C=O) groups excluding carboxylic acids is 1. The van der Waals surface area contributed by atoms with Gasteiger partial charge in [-0.15, -0.1) is 5.10 Å². The van der Waals surface area contributed by atoms with Gasteiger partial charge in [0, 0.05) is 32.4 Å². The van der Waals surface area contributed by atoms with E-state index < -0.39 is 0 Å². The second-order valence-corrected chi connectivity index (χ2v) is 5.57. The second kappa shape index (κ2) is 6.04. The minimum absolute atomic E-state index is 0.174. The molecule has 2 heterocycles. The fourth-order valence-corrected chi connectivity index (χ4v) is 2.28. The molecule has 0 aliphatic rings. The van der Waals surface area contributed by atoms with Gasteiger partial charge in [0.15, 0.2) is 5.69 Å². The standard InChI is InChI=1S/C16H18N6O/c1-12-4-6-14(7-5-12)22-11-15(18-19-22)16(23)20(2)9-13-8-17-21(3)10-13/h4-8,10-11H,9H2,1-3H3. The van der Waals surface area contributed by atoms with Gasteiger partial charge in [-0.05, 0) is 19.1 Å². The van der Waals surface area contributed by atoms with Crippen molar-refractivity contribution in [1.29, 1.82) is 0 Å². The quantitative estimate of drug-likeness (QED) is 0.733. The smallest absolute Gasteiger partial charge is 0.276 e. The maximum Gasteiger partial charge on any atom is 0.276 e. The van der Waals surface area contributed by atoms with Crippen LogP contribution in [0.4, 0.5) is 0 Å². The number of nitrogens with zero attached hydrogens (tertiary/aromatic N) is 6. The van der Waals surface area contributed by atoms with Crippen molar-refractivity contribution in [1.82, 2.24) is 29.7 Å². The van der Waals surface area contributed by atoms with Crippen LogP contribution in [0.5, 0.6) is 0 Å². The Morgan fingerprint density at radius 1 is 1.22 bits per heavy atom. The second-order valence-electron chi connectivity index (χ2n) is 5.57. The molecule has 0 saturated carbocycles. The van der Waals surface area contributed by atoms with Crippen LogP contribution in [0.2, 0.25) is 0 Å². The average molecular weight is 310 g/mol. The molecule has 0 N–H and O–H groups in total. The molecule has 7 heteroatoms. The molecule has 0 unspecified atom stereocenters. The van der Waals surface area contributed by atoms with Crippen molar-refractivity contribution in [2.75, 3.05) is 7.05 Å². The van der Waals surface area contributed by atoms with Crippen LogP contribution in [0.25, 0.3) is 5.69 Å². The van der Waals surface area contributed by atoms with Gasteiger partial charge in [-0.3, -0.25) is 9.48 Å². The number of carbonyl (C=O) groups is 1. The van der Waals surface area contributed by atoms with Crippen LogP contribution in [0, 0.1) is 6.92 Å². The van der Waals surface area contributed by atoms with E-state index in [2.05, 4.69) is 15.4 Å². The molecule has 0 aliphatic carbocycles. The van der Waals surface area contributed by atoms with Gasteiger partial charge < -0.3 is 4.90 Å². The first-order valence-electron chi connectivity index (χ1n) is 7.25. The zero-order valence-electron chi connectivity index (χ0n) is 13.3. The van der Waals surface area contributed by atoms with E-state index in [9.17, 15) is 4.79 Å². The number of amides is 1. The van der Waals surface area contributed by atoms with Gasteiger partial charge in [0.05, 0.1) is 18.1 Å². The Hall–Kier alpha value is -2.96. The van der Waals surface area contributed by atoms with E-state index in [0.29, 0.717) is 12.2 Å². The average Bonchev–Trinajstić information content (AvgIpc) is 3.16. The molecule has 0 atom stereocenters. The first kappa shape index (κ1) is 15.0. The van der Waals surface area contributed by atoms with E-state index in [1.807, 2.05) is 44.4 Å². The molecule has 0 saturated heterocycles. The third-order valence-electron chi connectivity index (χ3n) is 3.54. The highest BCUT2D eigenvalue weighted by molar-refractivity contribution is 5.91. The Bertz CT molecular complexity index is 817. The molecule has 0 spiro atoms. The lowest BCUT2D eigenvalue weighted by molar-refractivity contribution is 0.0779. The first-order valence-corrected chi connectivity index (χ1v) is 7.25. The largest absolute Gasteiger partial charge is 0.336 e. The lowest BCUT2D eigenvalue weighted by atomic mass is 10.2. The third-order valence-corrected chi connectivity index (χ3v) is 3.54. The van der Waals surface area contributed by atoms with E-state index in [1.54, 1.807) is 33.7 Å². The summed E-state index contributed by atoms with van der Waals surface area (Å²) in [7, 11) is 3.58. The molecule has 3 aromatic rings. The monoisotopic (exact) mass is 310 g/mol. The SMILES string of the molecule is Cc1ccc(-n2cc(C(=O)N(C)Cc3cnn(C)c3)nn2)cc1. The highest BCUT2D eigenvalue weighted by atomic mass is 16.2. The summed E-state index contributed by atoms with van der Waals surface area (Å²) in [6.45, 7) is 2.50. The van der Waals surface area contributed by atoms with Crippen LogP contribution in [0.1, 0.15) is 21.6 Å². The van der Waals surface area contributed by atoms with Gasteiger partial charge in [-0.2, -0.15) is 5.10 Å². The number of aryl methyl sites for hydroxylation is 2. The summed E-state index contributed by atoms with van der Waals surface area (Å²) in [5.41, 5.74) is 3.32. The van der Waals surface area contributed by atoms with Crippen LogP contribution in [-0.4, -0.2) is 42.6 Å². The molecular formula is C16H18N6O. The molecule has 2 aromatic heterocycles. The van der Waals surface area contributed by atoms with E-state index in [-0.39, 0.29) is 5.91 Å². The molecule has 118 valence electrons. The van der Waals surface area contributed by atoms with Gasteiger partial charge >= 0.3 is 0 Å². The van der Waals surface area contributed by atoms with Crippen LogP contribution in [-0.2, 0) is 13.6 Å². The predicted octanol–water partition coefficient (Wildman–Crippen LogP) is 1.58. The third kappa shape index (κ3) is 3.28. The summed E-state index contributed by atoms with van der Waals surface area (Å²) >= 11 is 0. The molecular weight excluding hydrogens is 292 g/mol. The molecule has 3 rings (SSSR count). The summed E-state index contributed by atoms with van der Waals surface area (Å²) in [6.07, 6.45) is 5.27. The molecule has 7 nitrogen and oxygen atoms in total. The van der Waals surface area contributed by atoms with Crippen molar-refractivity contribution in [3.05, 3.63) is 59.7 Å². The Morgan fingerprint density at radius 3 is 2.61 bits per heavy atom. The fraction of sp³-hybridized carbons (Fsp3) is 0.250. The number of rotatable bonds is 4. The van der Waals surface area contributed by atoms with Gasteiger partial charge in [0.25, 0.3) is 5.91 Å². The lowest BCUT2D eigenvalue weighted by Gasteiger charge is -2.14. The number of hydrogen-bond donors (Lipinski definition) is 0. The zero-order valence-corrected chi connectivity index (χ0v) is 13.3. The highest BCUT2D eigenvalue weighted by Crippen LogP contribution is 2.10. The maximum absolute atomic E-state index is 12.4. The van der Waals surface area contributed by atoms with E-state index in [4.69, 9.17) is 0 Å². The Balaban J connectivity index is 1.74. The summed E-state index contributed by atoms with van der Waals surface area (Å²) in [6, 6.07) is 7.87. The minimum atomic E-state index is -0.174. The first-order chi connectivity index (χ1) is 11.0. The van der Waals surface area contributed by atoms with Gasteiger partial charge in [-0.1, -0.05) is 22.9 Å². The predicted molar refractivity (Wildman–Crippen MR) is 85.1 cm³/mol. The topological polar surface area (TPSA) is 68.8 Å². The summed E-state index contributed by atoms with van der Waals surface area (Å²) in [5.74, 6) is -0.174. The Kier molecular flexibility index (Phi) is 3.92. The van der Waals surface area contributed by atoms with E-state index in [1.165, 1.54) is 5.56 Å². The zero-order chi connectivity index (χ0) is 16.4. The number of benzene rings is 1. The molecule has 0 bridgehead atoms. The summed E-state index contributed by atoms with van der Waals surface area (Å²) in [4.78, 5) is 14.0. The van der Waals surface area contributed by atoms with E-state index >= 15 is 0 Å².